The first kappa shape index (κ1) is 16.0. The highest BCUT2D eigenvalue weighted by Gasteiger charge is 2.25. The molecule has 0 bridgehead atoms. The van der Waals surface area contributed by atoms with Crippen LogP contribution in [-0.4, -0.2) is 16.1 Å². The Labute approximate surface area is 148 Å². The number of hydrogen-bond donors (Lipinski definition) is 1. The van der Waals surface area contributed by atoms with Gasteiger partial charge in [-0.25, -0.2) is 4.79 Å². The van der Waals surface area contributed by atoms with Gasteiger partial charge in [-0.15, -0.1) is 0 Å². The van der Waals surface area contributed by atoms with Crippen molar-refractivity contribution in [2.45, 2.75) is 51.1 Å². The Bertz CT molecular complexity index is 780. The van der Waals surface area contributed by atoms with Crippen molar-refractivity contribution in [2.75, 3.05) is 0 Å². The lowest BCUT2D eigenvalue weighted by Gasteiger charge is -2.28. The molecular weight excluding hydrogens is 314 g/mol. The molecule has 2 aromatic carbocycles. The molecule has 0 unspecified atom stereocenters. The molecule has 2 aromatic rings. The van der Waals surface area contributed by atoms with Crippen LogP contribution in [0.25, 0.3) is 0 Å². The van der Waals surface area contributed by atoms with Crippen LogP contribution >= 0.6 is 0 Å². The minimum absolute atomic E-state index is 0.111. The molecule has 2 aliphatic rings. The number of hydrogen-bond acceptors (Lipinski definition) is 3. The second-order valence-corrected chi connectivity index (χ2v) is 7.10. The summed E-state index contributed by atoms with van der Waals surface area (Å²) in [6.45, 7) is 1.04. The van der Waals surface area contributed by atoms with Crippen molar-refractivity contribution in [3.8, 4) is 11.5 Å². The van der Waals surface area contributed by atoms with Crippen LogP contribution in [0.3, 0.4) is 0 Å². The molecule has 0 radical (unpaired) electrons. The maximum atomic E-state index is 12.3. The van der Waals surface area contributed by atoms with E-state index in [2.05, 4.69) is 24.3 Å². The molecule has 1 aliphatic heterocycles. The van der Waals surface area contributed by atoms with Gasteiger partial charge in [0.2, 0.25) is 0 Å². The maximum absolute atomic E-state index is 12.3. The number of fused-ring (bicyclic) bond motifs is 1. The Morgan fingerprint density at radius 3 is 2.76 bits per heavy atom. The molecule has 130 valence electrons. The Morgan fingerprint density at radius 2 is 1.92 bits per heavy atom. The van der Waals surface area contributed by atoms with E-state index in [4.69, 9.17) is 4.74 Å². The minimum Gasteiger partial charge on any atom is -0.508 e. The summed E-state index contributed by atoms with van der Waals surface area (Å²) in [6.07, 6.45) is 6.16. The van der Waals surface area contributed by atoms with Crippen molar-refractivity contribution in [1.29, 1.82) is 0 Å². The average molecular weight is 337 g/mol. The van der Waals surface area contributed by atoms with Crippen molar-refractivity contribution in [1.82, 2.24) is 4.90 Å². The highest BCUT2D eigenvalue weighted by atomic mass is 16.6. The molecule has 1 heterocycles. The van der Waals surface area contributed by atoms with Gasteiger partial charge in [-0.05, 0) is 42.0 Å². The van der Waals surface area contributed by atoms with E-state index in [1.165, 1.54) is 43.7 Å². The van der Waals surface area contributed by atoms with Crippen molar-refractivity contribution < 1.29 is 14.6 Å². The number of benzene rings is 2. The van der Waals surface area contributed by atoms with Crippen LogP contribution < -0.4 is 4.74 Å². The summed E-state index contributed by atoms with van der Waals surface area (Å²) in [5, 5.41) is 9.53. The van der Waals surface area contributed by atoms with E-state index in [0.29, 0.717) is 24.8 Å². The first-order valence-electron chi connectivity index (χ1n) is 9.06. The van der Waals surface area contributed by atoms with Crippen molar-refractivity contribution in [2.24, 2.45) is 0 Å². The molecular formula is C21H23NO3. The molecule has 4 heteroatoms. The zero-order chi connectivity index (χ0) is 17.2. The van der Waals surface area contributed by atoms with E-state index in [0.717, 1.165) is 11.1 Å². The fraction of sp³-hybridized carbons (Fsp3) is 0.381. The fourth-order valence-electron chi connectivity index (χ4n) is 3.92. The number of phenolic OH excluding ortho intramolecular Hbond substituents is 1. The third-order valence-electron chi connectivity index (χ3n) is 5.27. The van der Waals surface area contributed by atoms with Gasteiger partial charge >= 0.3 is 6.09 Å². The van der Waals surface area contributed by atoms with Crippen LogP contribution in [0.15, 0.2) is 42.5 Å². The lowest BCUT2D eigenvalue weighted by molar-refractivity contribution is 0.135. The number of carbonyl (C=O) groups is 1. The van der Waals surface area contributed by atoms with E-state index in [-0.39, 0.29) is 11.8 Å². The normalized spacial score (nSPS) is 17.9. The third kappa shape index (κ3) is 3.48. The summed E-state index contributed by atoms with van der Waals surface area (Å²) in [6, 6.07) is 13.6. The van der Waals surface area contributed by atoms with Crippen LogP contribution in [0.2, 0.25) is 0 Å². The van der Waals surface area contributed by atoms with Crippen LogP contribution in [-0.2, 0) is 13.1 Å². The van der Waals surface area contributed by atoms with E-state index < -0.39 is 0 Å². The Kier molecular flexibility index (Phi) is 4.35. The largest absolute Gasteiger partial charge is 0.508 e. The summed E-state index contributed by atoms with van der Waals surface area (Å²) < 4.78 is 5.37. The molecule has 1 aliphatic carbocycles. The smallest absolute Gasteiger partial charge is 0.415 e. The first-order chi connectivity index (χ1) is 12.2. The highest BCUT2D eigenvalue weighted by Crippen LogP contribution is 2.34. The van der Waals surface area contributed by atoms with Gasteiger partial charge in [-0.2, -0.15) is 0 Å². The number of ether oxygens (including phenoxy) is 1. The quantitative estimate of drug-likeness (QED) is 0.861. The lowest BCUT2D eigenvalue weighted by Crippen LogP contribution is -2.36. The van der Waals surface area contributed by atoms with Gasteiger partial charge < -0.3 is 9.84 Å². The highest BCUT2D eigenvalue weighted by molar-refractivity contribution is 5.73. The number of rotatable bonds is 3. The molecule has 0 aromatic heterocycles. The van der Waals surface area contributed by atoms with Gasteiger partial charge in [-0.1, -0.05) is 43.5 Å². The molecule has 25 heavy (non-hydrogen) atoms. The average Bonchev–Trinajstić information content (AvgIpc) is 2.63. The number of nitrogens with zero attached hydrogens (tertiary/aromatic N) is 1. The molecule has 1 N–H and O–H groups in total. The lowest BCUT2D eigenvalue weighted by atomic mass is 9.83. The Balaban J connectivity index is 1.50. The molecule has 4 rings (SSSR count). The Morgan fingerprint density at radius 1 is 1.08 bits per heavy atom. The molecule has 1 saturated carbocycles. The van der Waals surface area contributed by atoms with E-state index >= 15 is 0 Å². The zero-order valence-electron chi connectivity index (χ0n) is 14.3. The third-order valence-corrected chi connectivity index (χ3v) is 5.27. The van der Waals surface area contributed by atoms with Gasteiger partial charge in [0.1, 0.15) is 11.5 Å². The molecule has 0 spiro atoms. The van der Waals surface area contributed by atoms with Crippen LogP contribution in [0, 0.1) is 0 Å². The molecule has 0 saturated heterocycles. The summed E-state index contributed by atoms with van der Waals surface area (Å²) in [4.78, 5) is 14.0. The maximum Gasteiger partial charge on any atom is 0.415 e. The fourth-order valence-corrected chi connectivity index (χ4v) is 3.92. The number of phenols is 1. The second kappa shape index (κ2) is 6.79. The molecule has 0 atom stereocenters. The van der Waals surface area contributed by atoms with Gasteiger partial charge in [-0.3, -0.25) is 4.90 Å². The zero-order valence-corrected chi connectivity index (χ0v) is 14.3. The van der Waals surface area contributed by atoms with Gasteiger partial charge in [0.25, 0.3) is 0 Å². The second-order valence-electron chi connectivity index (χ2n) is 7.10. The van der Waals surface area contributed by atoms with Crippen LogP contribution in [0.4, 0.5) is 4.79 Å². The van der Waals surface area contributed by atoms with E-state index in [1.807, 2.05) is 6.07 Å². The topological polar surface area (TPSA) is 49.8 Å². The molecule has 1 fully saturated rings. The van der Waals surface area contributed by atoms with Crippen molar-refractivity contribution in [3.05, 3.63) is 59.2 Å². The SMILES string of the molecule is O=C1Oc2cc(O)ccc2CN1Cc1cccc(C2CCCCC2)c1. The predicted octanol–water partition coefficient (Wildman–Crippen LogP) is 4.95. The standard InChI is InChI=1S/C21H23NO3/c23-19-10-9-18-14-22(21(24)25-20(18)12-19)13-15-5-4-8-17(11-15)16-6-2-1-3-7-16/h4-5,8-12,16,23H,1-3,6-7,13-14H2. The first-order valence-corrected chi connectivity index (χ1v) is 9.06. The van der Waals surface area contributed by atoms with Gasteiger partial charge in [0.15, 0.2) is 0 Å². The Hall–Kier alpha value is -2.49. The van der Waals surface area contributed by atoms with E-state index in [9.17, 15) is 9.90 Å². The number of carbonyl (C=O) groups excluding carboxylic acids is 1. The minimum atomic E-state index is -0.360. The predicted molar refractivity (Wildman–Crippen MR) is 95.6 cm³/mol. The molecule has 4 nitrogen and oxygen atoms in total. The summed E-state index contributed by atoms with van der Waals surface area (Å²) in [5.41, 5.74) is 3.45. The van der Waals surface area contributed by atoms with Crippen LogP contribution in [0.5, 0.6) is 11.5 Å². The van der Waals surface area contributed by atoms with Gasteiger partial charge in [0.05, 0.1) is 6.54 Å². The van der Waals surface area contributed by atoms with Crippen molar-refractivity contribution in [3.63, 3.8) is 0 Å². The van der Waals surface area contributed by atoms with E-state index in [1.54, 1.807) is 11.0 Å². The van der Waals surface area contributed by atoms with Gasteiger partial charge in [0, 0.05) is 18.2 Å². The van der Waals surface area contributed by atoms with Crippen molar-refractivity contribution >= 4 is 6.09 Å². The number of aromatic hydroxyl groups is 1. The summed E-state index contributed by atoms with van der Waals surface area (Å²) >= 11 is 0. The summed E-state index contributed by atoms with van der Waals surface area (Å²) in [7, 11) is 0. The van der Waals surface area contributed by atoms with Crippen LogP contribution in [0.1, 0.15) is 54.7 Å². The summed E-state index contributed by atoms with van der Waals surface area (Å²) in [5.74, 6) is 1.23. The number of amides is 1. The monoisotopic (exact) mass is 337 g/mol. The molecule has 1 amide bonds.